The molecule has 7 heteroatoms. The molecule has 1 heterocycles. The lowest BCUT2D eigenvalue weighted by molar-refractivity contribution is 0.149. The number of ether oxygens (including phenoxy) is 1. The number of halogens is 1. The Morgan fingerprint density at radius 2 is 2.16 bits per heavy atom. The molecule has 134 valence electrons. The van der Waals surface area contributed by atoms with Crippen LogP contribution in [-0.2, 0) is 0 Å². The Hall–Kier alpha value is -2.54. The first-order valence-corrected chi connectivity index (χ1v) is 8.34. The van der Waals surface area contributed by atoms with E-state index in [9.17, 15) is 14.3 Å². The normalized spacial score (nSPS) is 15.8. The second-order valence-electron chi connectivity index (χ2n) is 6.04. The van der Waals surface area contributed by atoms with Gasteiger partial charge in [-0.25, -0.2) is 9.18 Å². The van der Waals surface area contributed by atoms with Gasteiger partial charge in [-0.2, -0.15) is 0 Å². The Morgan fingerprint density at radius 1 is 1.36 bits per heavy atom. The maximum atomic E-state index is 14.1. The number of aliphatic hydroxyl groups is 1. The van der Waals surface area contributed by atoms with E-state index in [1.54, 1.807) is 18.2 Å². The molecule has 1 aliphatic carbocycles. The van der Waals surface area contributed by atoms with E-state index in [1.165, 1.54) is 18.4 Å². The molecule has 3 N–H and O–H groups in total. The number of carbonyl (C=O) groups excluding carboxylic acids is 1. The van der Waals surface area contributed by atoms with Crippen LogP contribution in [0.1, 0.15) is 37.5 Å². The molecule has 1 atom stereocenters. The number of amides is 2. The number of rotatable bonds is 6. The molecular weight excluding hydrogens is 327 g/mol. The van der Waals surface area contributed by atoms with Crippen molar-refractivity contribution in [3.05, 3.63) is 48.2 Å². The molecule has 0 unspecified atom stereocenters. The van der Waals surface area contributed by atoms with Crippen LogP contribution in [0.2, 0.25) is 0 Å². The fourth-order valence-electron chi connectivity index (χ4n) is 2.81. The van der Waals surface area contributed by atoms with Gasteiger partial charge in [-0.15, -0.1) is 0 Å². The Balaban J connectivity index is 1.50. The molecule has 2 aromatic rings. The van der Waals surface area contributed by atoms with Gasteiger partial charge in [0.15, 0.2) is 11.6 Å². The van der Waals surface area contributed by atoms with Crippen molar-refractivity contribution in [1.82, 2.24) is 5.32 Å². The molecule has 0 saturated heterocycles. The van der Waals surface area contributed by atoms with Gasteiger partial charge in [-0.05, 0) is 49.9 Å². The number of hydrogen-bond acceptors (Lipinski definition) is 4. The fraction of sp³-hybridized carbons (Fsp3) is 0.389. The summed E-state index contributed by atoms with van der Waals surface area (Å²) in [6, 6.07) is 7.03. The predicted octanol–water partition coefficient (Wildman–Crippen LogP) is 3.60. The first kappa shape index (κ1) is 17.3. The van der Waals surface area contributed by atoms with Crippen molar-refractivity contribution in [3.8, 4) is 5.75 Å². The number of hydrogen-bond donors (Lipinski definition) is 3. The van der Waals surface area contributed by atoms with Crippen LogP contribution < -0.4 is 15.4 Å². The number of urea groups is 1. The summed E-state index contributed by atoms with van der Waals surface area (Å²) in [6.45, 7) is -0.0231. The Bertz CT molecular complexity index is 699. The SMILES string of the molecule is O=C(NC[C@H](O)c1ccco1)Nc1ccc(OC2CCCC2)c(F)c1. The highest BCUT2D eigenvalue weighted by Gasteiger charge is 2.18. The Kier molecular flexibility index (Phi) is 5.55. The Morgan fingerprint density at radius 3 is 2.84 bits per heavy atom. The fourth-order valence-corrected chi connectivity index (χ4v) is 2.81. The van der Waals surface area contributed by atoms with E-state index in [-0.39, 0.29) is 18.4 Å². The van der Waals surface area contributed by atoms with Crippen molar-refractivity contribution in [2.24, 2.45) is 0 Å². The van der Waals surface area contributed by atoms with Gasteiger partial charge in [0, 0.05) is 11.8 Å². The van der Waals surface area contributed by atoms with E-state index >= 15 is 0 Å². The van der Waals surface area contributed by atoms with Crippen molar-refractivity contribution in [2.45, 2.75) is 37.9 Å². The number of carbonyl (C=O) groups is 1. The van der Waals surface area contributed by atoms with Gasteiger partial charge >= 0.3 is 6.03 Å². The van der Waals surface area contributed by atoms with Crippen molar-refractivity contribution < 1.29 is 23.4 Å². The van der Waals surface area contributed by atoms with Crippen LogP contribution in [0.15, 0.2) is 41.0 Å². The molecule has 0 aliphatic heterocycles. The van der Waals surface area contributed by atoms with Gasteiger partial charge in [-0.3, -0.25) is 0 Å². The van der Waals surface area contributed by atoms with Gasteiger partial charge in [0.2, 0.25) is 0 Å². The summed E-state index contributed by atoms with van der Waals surface area (Å²) in [5.74, 6) is 0.0474. The summed E-state index contributed by atoms with van der Waals surface area (Å²) in [7, 11) is 0. The Labute approximate surface area is 145 Å². The molecule has 6 nitrogen and oxygen atoms in total. The molecule has 3 rings (SSSR count). The van der Waals surface area contributed by atoms with Crippen LogP contribution >= 0.6 is 0 Å². The molecule has 0 spiro atoms. The van der Waals surface area contributed by atoms with Crippen LogP contribution in [0.25, 0.3) is 0 Å². The van der Waals surface area contributed by atoms with Crippen LogP contribution in [0.4, 0.5) is 14.9 Å². The van der Waals surface area contributed by atoms with Gasteiger partial charge in [0.1, 0.15) is 11.9 Å². The van der Waals surface area contributed by atoms with E-state index in [4.69, 9.17) is 9.15 Å². The second-order valence-corrected chi connectivity index (χ2v) is 6.04. The minimum atomic E-state index is -0.945. The second kappa shape index (κ2) is 8.02. The van der Waals surface area contributed by atoms with Crippen LogP contribution in [0.5, 0.6) is 5.75 Å². The van der Waals surface area contributed by atoms with E-state index in [2.05, 4.69) is 10.6 Å². The summed E-state index contributed by atoms with van der Waals surface area (Å²) in [5, 5.41) is 14.8. The third-order valence-electron chi connectivity index (χ3n) is 4.11. The molecule has 25 heavy (non-hydrogen) atoms. The number of furan rings is 1. The highest BCUT2D eigenvalue weighted by atomic mass is 19.1. The zero-order valence-corrected chi connectivity index (χ0v) is 13.7. The monoisotopic (exact) mass is 348 g/mol. The molecule has 1 aromatic carbocycles. The van der Waals surface area contributed by atoms with Crippen LogP contribution in [0, 0.1) is 5.82 Å². The van der Waals surface area contributed by atoms with E-state index in [0.717, 1.165) is 25.7 Å². The predicted molar refractivity (Wildman–Crippen MR) is 90.0 cm³/mol. The zero-order valence-electron chi connectivity index (χ0n) is 13.7. The zero-order chi connectivity index (χ0) is 17.6. The van der Waals surface area contributed by atoms with E-state index < -0.39 is 18.0 Å². The van der Waals surface area contributed by atoms with E-state index in [0.29, 0.717) is 11.4 Å². The lowest BCUT2D eigenvalue weighted by atomic mass is 10.2. The summed E-state index contributed by atoms with van der Waals surface area (Å²) in [6.07, 6.45) is 4.67. The third kappa shape index (κ3) is 4.73. The minimum Gasteiger partial charge on any atom is -0.487 e. The molecule has 2 amide bonds. The molecule has 1 aliphatic rings. The quantitative estimate of drug-likeness (QED) is 0.745. The molecule has 1 fully saturated rings. The smallest absolute Gasteiger partial charge is 0.319 e. The van der Waals surface area contributed by atoms with Crippen LogP contribution in [-0.4, -0.2) is 23.8 Å². The highest BCUT2D eigenvalue weighted by Crippen LogP contribution is 2.27. The average molecular weight is 348 g/mol. The maximum Gasteiger partial charge on any atom is 0.319 e. The number of nitrogens with one attached hydrogen (secondary N) is 2. The van der Waals surface area contributed by atoms with E-state index in [1.807, 2.05) is 0 Å². The molecule has 1 saturated carbocycles. The van der Waals surface area contributed by atoms with Crippen molar-refractivity contribution in [3.63, 3.8) is 0 Å². The van der Waals surface area contributed by atoms with Crippen molar-refractivity contribution in [1.29, 1.82) is 0 Å². The molecule has 0 bridgehead atoms. The first-order chi connectivity index (χ1) is 12.1. The summed E-state index contributed by atoms with van der Waals surface area (Å²) in [4.78, 5) is 11.8. The number of aliphatic hydroxyl groups excluding tert-OH is 1. The third-order valence-corrected chi connectivity index (χ3v) is 4.11. The number of benzene rings is 1. The topological polar surface area (TPSA) is 83.7 Å². The highest BCUT2D eigenvalue weighted by molar-refractivity contribution is 5.89. The van der Waals surface area contributed by atoms with Gasteiger partial charge in [0.25, 0.3) is 0 Å². The van der Waals surface area contributed by atoms with Crippen LogP contribution in [0.3, 0.4) is 0 Å². The summed E-state index contributed by atoms with van der Waals surface area (Å²) in [5.41, 5.74) is 0.307. The van der Waals surface area contributed by atoms with Gasteiger partial charge in [-0.1, -0.05) is 0 Å². The standard InChI is InChI=1S/C18H21FN2O4/c19-14-10-12(7-8-16(14)25-13-4-1-2-5-13)21-18(23)20-11-15(22)17-6-3-9-24-17/h3,6-10,13,15,22H,1-2,4-5,11H2,(H2,20,21,23)/t15-/m0/s1. The first-order valence-electron chi connectivity index (χ1n) is 8.34. The maximum absolute atomic E-state index is 14.1. The average Bonchev–Trinajstić information content (AvgIpc) is 3.28. The van der Waals surface area contributed by atoms with Crippen molar-refractivity contribution >= 4 is 11.7 Å². The molecule has 1 aromatic heterocycles. The minimum absolute atomic E-state index is 0.0231. The van der Waals surface area contributed by atoms with Gasteiger partial charge in [0.05, 0.1) is 18.9 Å². The van der Waals surface area contributed by atoms with Gasteiger partial charge < -0.3 is 24.9 Å². The largest absolute Gasteiger partial charge is 0.487 e. The molecule has 0 radical (unpaired) electrons. The lowest BCUT2D eigenvalue weighted by Gasteiger charge is -2.15. The molecular formula is C18H21FN2O4. The summed E-state index contributed by atoms with van der Waals surface area (Å²) >= 11 is 0. The van der Waals surface area contributed by atoms with Crippen molar-refractivity contribution in [2.75, 3.05) is 11.9 Å². The lowest BCUT2D eigenvalue weighted by Crippen LogP contribution is -2.32. The number of anilines is 1. The summed E-state index contributed by atoms with van der Waals surface area (Å²) < 4.78 is 24.8.